The molecule has 102 valence electrons. The highest BCUT2D eigenvalue weighted by molar-refractivity contribution is 5.69. The van der Waals surface area contributed by atoms with Crippen molar-refractivity contribution < 1.29 is 4.74 Å². The van der Waals surface area contributed by atoms with Crippen molar-refractivity contribution in [1.29, 1.82) is 5.41 Å². The van der Waals surface area contributed by atoms with Crippen molar-refractivity contribution in [2.24, 2.45) is 11.7 Å². The lowest BCUT2D eigenvalue weighted by atomic mass is 9.99. The number of rotatable bonds is 3. The van der Waals surface area contributed by atoms with Crippen molar-refractivity contribution in [3.8, 4) is 11.1 Å². The van der Waals surface area contributed by atoms with Gasteiger partial charge in [0.15, 0.2) is 0 Å². The van der Waals surface area contributed by atoms with Crippen LogP contribution in [-0.2, 0) is 17.6 Å². The monoisotopic (exact) mass is 268 g/mol. The highest BCUT2D eigenvalue weighted by atomic mass is 16.5. The summed E-state index contributed by atoms with van der Waals surface area (Å²) in [5.74, 6) is 0.375. The van der Waals surface area contributed by atoms with E-state index in [0.717, 1.165) is 18.4 Å². The Kier molecular flexibility index (Phi) is 3.33. The van der Waals surface area contributed by atoms with Crippen molar-refractivity contribution >= 4 is 6.02 Å². The summed E-state index contributed by atoms with van der Waals surface area (Å²) in [6.45, 7) is 0.495. The minimum absolute atomic E-state index is 0.211. The molecule has 0 aliphatic heterocycles. The summed E-state index contributed by atoms with van der Waals surface area (Å²) in [5.41, 5.74) is 10.1. The van der Waals surface area contributed by atoms with Gasteiger partial charge in [-0.3, -0.25) is 5.41 Å². The molecule has 0 radical (unpaired) electrons. The van der Waals surface area contributed by atoms with E-state index in [1.807, 2.05) is 12.4 Å². The number of aromatic nitrogens is 2. The predicted octanol–water partition coefficient (Wildman–Crippen LogP) is 1.77. The van der Waals surface area contributed by atoms with Crippen molar-refractivity contribution in [2.75, 3.05) is 6.61 Å². The molecular formula is C15H16N4O. The molecule has 0 spiro atoms. The third-order valence-corrected chi connectivity index (χ3v) is 3.62. The molecule has 1 aromatic carbocycles. The van der Waals surface area contributed by atoms with Crippen LogP contribution in [0.4, 0.5) is 0 Å². The highest BCUT2D eigenvalue weighted by Crippen LogP contribution is 2.34. The van der Waals surface area contributed by atoms with Crippen LogP contribution in [0, 0.1) is 11.3 Å². The van der Waals surface area contributed by atoms with Crippen LogP contribution in [0.15, 0.2) is 36.9 Å². The maximum absolute atomic E-state index is 7.14. The van der Waals surface area contributed by atoms with Gasteiger partial charge in [0.1, 0.15) is 6.33 Å². The molecule has 1 aliphatic carbocycles. The van der Waals surface area contributed by atoms with Crippen LogP contribution >= 0.6 is 0 Å². The number of amidine groups is 1. The number of ether oxygens (including phenoxy) is 1. The molecule has 1 aromatic heterocycles. The van der Waals surface area contributed by atoms with E-state index >= 15 is 0 Å². The molecule has 5 heteroatoms. The zero-order valence-corrected chi connectivity index (χ0v) is 11.0. The molecule has 0 saturated carbocycles. The molecule has 0 amide bonds. The summed E-state index contributed by atoms with van der Waals surface area (Å²) in [5, 5.41) is 7.14. The summed E-state index contributed by atoms with van der Waals surface area (Å²) in [4.78, 5) is 8.17. The molecule has 20 heavy (non-hydrogen) atoms. The Morgan fingerprint density at radius 1 is 1.30 bits per heavy atom. The van der Waals surface area contributed by atoms with Gasteiger partial charge in [-0.2, -0.15) is 0 Å². The third-order valence-electron chi connectivity index (χ3n) is 3.62. The maximum atomic E-state index is 7.14. The second-order valence-electron chi connectivity index (χ2n) is 5.02. The lowest BCUT2D eigenvalue weighted by Crippen LogP contribution is -2.19. The first-order valence-corrected chi connectivity index (χ1v) is 6.57. The van der Waals surface area contributed by atoms with Crippen molar-refractivity contribution in [2.45, 2.75) is 12.8 Å². The van der Waals surface area contributed by atoms with E-state index in [1.165, 1.54) is 23.0 Å². The molecule has 3 N–H and O–H groups in total. The van der Waals surface area contributed by atoms with Gasteiger partial charge in [-0.15, -0.1) is 0 Å². The van der Waals surface area contributed by atoms with Gasteiger partial charge >= 0.3 is 0 Å². The van der Waals surface area contributed by atoms with Gasteiger partial charge in [-0.25, -0.2) is 9.97 Å². The second-order valence-corrected chi connectivity index (χ2v) is 5.02. The lowest BCUT2D eigenvalue weighted by Gasteiger charge is -2.10. The molecule has 1 unspecified atom stereocenters. The van der Waals surface area contributed by atoms with Gasteiger partial charge in [0, 0.05) is 23.9 Å². The second kappa shape index (κ2) is 5.28. The van der Waals surface area contributed by atoms with Crippen LogP contribution in [0.1, 0.15) is 11.1 Å². The number of nitrogens with zero attached hydrogens (tertiary/aromatic N) is 2. The molecule has 1 aliphatic rings. The SMILES string of the molecule is N=C(N)OCC1Cc2cccc(-c3cncnc3)c2C1. The fourth-order valence-electron chi connectivity index (χ4n) is 2.77. The van der Waals surface area contributed by atoms with Gasteiger partial charge in [0.2, 0.25) is 0 Å². The molecule has 1 heterocycles. The summed E-state index contributed by atoms with van der Waals surface area (Å²) in [6.07, 6.45) is 7.11. The standard InChI is InChI=1S/C15H16N4O/c16-15(17)20-8-10-4-11-2-1-3-13(14(11)5-10)12-6-18-9-19-7-12/h1-3,6-7,9-10H,4-5,8H2,(H3,16,17). The number of benzene rings is 1. The van der Waals surface area contributed by atoms with Gasteiger partial charge in [-0.05, 0) is 29.5 Å². The van der Waals surface area contributed by atoms with Gasteiger partial charge in [-0.1, -0.05) is 18.2 Å². The topological polar surface area (TPSA) is 84.9 Å². The Morgan fingerprint density at radius 2 is 2.10 bits per heavy atom. The van der Waals surface area contributed by atoms with Crippen molar-refractivity contribution in [3.05, 3.63) is 48.0 Å². The van der Waals surface area contributed by atoms with E-state index in [-0.39, 0.29) is 6.02 Å². The lowest BCUT2D eigenvalue weighted by molar-refractivity contribution is 0.237. The van der Waals surface area contributed by atoms with Gasteiger partial charge in [0.05, 0.1) is 6.61 Å². The maximum Gasteiger partial charge on any atom is 0.279 e. The normalized spacial score (nSPS) is 16.7. The molecule has 3 rings (SSSR count). The Labute approximate surface area is 117 Å². The zero-order valence-electron chi connectivity index (χ0n) is 11.0. The molecule has 2 aromatic rings. The molecule has 0 fully saturated rings. The summed E-state index contributed by atoms with van der Waals surface area (Å²) < 4.78 is 5.14. The van der Waals surface area contributed by atoms with Crippen LogP contribution in [0.25, 0.3) is 11.1 Å². The van der Waals surface area contributed by atoms with E-state index in [1.54, 1.807) is 0 Å². The zero-order chi connectivity index (χ0) is 13.9. The molecule has 1 atom stereocenters. The van der Waals surface area contributed by atoms with E-state index < -0.39 is 0 Å². The molecule has 0 saturated heterocycles. The van der Waals surface area contributed by atoms with E-state index in [0.29, 0.717) is 12.5 Å². The fraction of sp³-hybridized carbons (Fsp3) is 0.267. The predicted molar refractivity (Wildman–Crippen MR) is 76.2 cm³/mol. The van der Waals surface area contributed by atoms with Crippen molar-refractivity contribution in [3.63, 3.8) is 0 Å². The average Bonchev–Trinajstić information content (AvgIpc) is 2.89. The third kappa shape index (κ3) is 2.47. The number of nitrogens with two attached hydrogens (primary N) is 1. The van der Waals surface area contributed by atoms with Gasteiger partial charge < -0.3 is 10.5 Å². The Morgan fingerprint density at radius 3 is 2.85 bits per heavy atom. The first-order chi connectivity index (χ1) is 9.74. The number of nitrogens with one attached hydrogen (secondary N) is 1. The number of hydrogen-bond acceptors (Lipinski definition) is 4. The van der Waals surface area contributed by atoms with Crippen LogP contribution in [0.2, 0.25) is 0 Å². The van der Waals surface area contributed by atoms with Crippen LogP contribution in [0.5, 0.6) is 0 Å². The molecule has 5 nitrogen and oxygen atoms in total. The fourth-order valence-corrected chi connectivity index (χ4v) is 2.77. The Hall–Kier alpha value is -2.43. The summed E-state index contributed by atoms with van der Waals surface area (Å²) in [7, 11) is 0. The largest absolute Gasteiger partial charge is 0.465 e. The van der Waals surface area contributed by atoms with Gasteiger partial charge in [0.25, 0.3) is 6.02 Å². The van der Waals surface area contributed by atoms with Crippen LogP contribution in [-0.4, -0.2) is 22.6 Å². The van der Waals surface area contributed by atoms with E-state index in [4.69, 9.17) is 15.9 Å². The summed E-state index contributed by atoms with van der Waals surface area (Å²) >= 11 is 0. The van der Waals surface area contributed by atoms with E-state index in [2.05, 4.69) is 28.2 Å². The van der Waals surface area contributed by atoms with E-state index in [9.17, 15) is 0 Å². The number of fused-ring (bicyclic) bond motifs is 1. The first-order valence-electron chi connectivity index (χ1n) is 6.57. The Bertz CT molecular complexity index is 627. The van der Waals surface area contributed by atoms with Crippen LogP contribution < -0.4 is 5.73 Å². The highest BCUT2D eigenvalue weighted by Gasteiger charge is 2.24. The average molecular weight is 268 g/mol. The number of hydrogen-bond donors (Lipinski definition) is 2. The first kappa shape index (κ1) is 12.6. The summed E-state index contributed by atoms with van der Waals surface area (Å²) in [6, 6.07) is 6.11. The van der Waals surface area contributed by atoms with Crippen LogP contribution in [0.3, 0.4) is 0 Å². The minimum atomic E-state index is -0.211. The smallest absolute Gasteiger partial charge is 0.279 e. The minimum Gasteiger partial charge on any atom is -0.465 e. The quantitative estimate of drug-likeness (QED) is 0.656. The molecule has 0 bridgehead atoms. The Balaban J connectivity index is 1.85. The van der Waals surface area contributed by atoms with Crippen molar-refractivity contribution in [1.82, 2.24) is 9.97 Å². The molecular weight excluding hydrogens is 252 g/mol.